The molecule has 0 fully saturated rings. The summed E-state index contributed by atoms with van der Waals surface area (Å²) in [6.07, 6.45) is 0. The Morgan fingerprint density at radius 2 is 0.842 bits per heavy atom. The zero-order valence-corrected chi connectivity index (χ0v) is 31.9. The molecule has 0 aliphatic carbocycles. The second kappa shape index (κ2) is 12.8. The molecule has 0 bridgehead atoms. The summed E-state index contributed by atoms with van der Waals surface area (Å²) in [5.74, 6) is 1.87. The van der Waals surface area contributed by atoms with Gasteiger partial charge in [-0.3, -0.25) is 0 Å². The Balaban J connectivity index is 0.974. The second-order valence-electron chi connectivity index (χ2n) is 14.3. The topological polar surface area (TPSA) is 51.8 Å². The fourth-order valence-corrected chi connectivity index (χ4v) is 10.8. The van der Waals surface area contributed by atoms with Gasteiger partial charge in [0.25, 0.3) is 0 Å². The number of nitrogens with zero attached hydrogens (tertiary/aromatic N) is 3. The second-order valence-corrected chi connectivity index (χ2v) is 16.4. The molecule has 266 valence electrons. The first kappa shape index (κ1) is 32.3. The molecule has 0 spiro atoms. The normalized spacial score (nSPS) is 11.9. The van der Waals surface area contributed by atoms with Gasteiger partial charge in [-0.2, -0.15) is 0 Å². The Morgan fingerprint density at radius 3 is 1.53 bits per heavy atom. The maximum atomic E-state index is 6.52. The van der Waals surface area contributed by atoms with E-state index in [0.717, 1.165) is 44.2 Å². The van der Waals surface area contributed by atoms with Crippen molar-refractivity contribution < 1.29 is 4.42 Å². The minimum absolute atomic E-state index is 0.602. The van der Waals surface area contributed by atoms with E-state index in [1.165, 1.54) is 57.0 Å². The van der Waals surface area contributed by atoms with E-state index in [1.54, 1.807) is 0 Å². The van der Waals surface area contributed by atoms with Crippen LogP contribution in [0, 0.1) is 0 Å². The zero-order chi connectivity index (χ0) is 37.5. The zero-order valence-electron chi connectivity index (χ0n) is 30.3. The molecule has 12 aromatic rings. The molecular formula is C51H29N3OS2. The van der Waals surface area contributed by atoms with Gasteiger partial charge < -0.3 is 4.42 Å². The Bertz CT molecular complexity index is 3470. The first-order valence-electron chi connectivity index (χ1n) is 18.9. The summed E-state index contributed by atoms with van der Waals surface area (Å²) in [5.41, 5.74) is 9.36. The van der Waals surface area contributed by atoms with E-state index in [9.17, 15) is 0 Å². The van der Waals surface area contributed by atoms with Crippen molar-refractivity contribution in [3.63, 3.8) is 0 Å². The van der Waals surface area contributed by atoms with Crippen molar-refractivity contribution in [1.82, 2.24) is 15.0 Å². The summed E-state index contributed by atoms with van der Waals surface area (Å²) in [5, 5.41) is 7.35. The fraction of sp³-hybridized carbons (Fsp3) is 0. The number of aromatic nitrogens is 3. The van der Waals surface area contributed by atoms with E-state index in [0.29, 0.717) is 17.5 Å². The monoisotopic (exact) mass is 763 g/mol. The fourth-order valence-electron chi connectivity index (χ4n) is 8.24. The predicted octanol–water partition coefficient (Wildman–Crippen LogP) is 14.8. The van der Waals surface area contributed by atoms with E-state index >= 15 is 0 Å². The highest BCUT2D eigenvalue weighted by atomic mass is 32.1. The average molecular weight is 764 g/mol. The van der Waals surface area contributed by atoms with Crippen LogP contribution in [-0.2, 0) is 0 Å². The Kier molecular flexibility index (Phi) is 7.24. The molecule has 12 rings (SSSR count). The molecule has 4 nitrogen and oxygen atoms in total. The van der Waals surface area contributed by atoms with Crippen molar-refractivity contribution in [2.45, 2.75) is 0 Å². The third-order valence-electron chi connectivity index (χ3n) is 11.0. The molecule has 0 atom stereocenters. The largest absolute Gasteiger partial charge is 0.456 e. The van der Waals surface area contributed by atoms with Crippen molar-refractivity contribution >= 4 is 85.0 Å². The molecule has 8 aromatic carbocycles. The molecule has 0 saturated heterocycles. The summed E-state index contributed by atoms with van der Waals surface area (Å²) in [6.45, 7) is 0. The lowest BCUT2D eigenvalue weighted by molar-refractivity contribution is 0.669. The van der Waals surface area contributed by atoms with E-state index in [2.05, 4.69) is 115 Å². The van der Waals surface area contributed by atoms with Crippen molar-refractivity contribution in [3.05, 3.63) is 176 Å². The number of furan rings is 1. The molecule has 0 aliphatic rings. The van der Waals surface area contributed by atoms with Gasteiger partial charge in [-0.05, 0) is 41.5 Å². The van der Waals surface area contributed by atoms with Crippen LogP contribution in [-0.4, -0.2) is 15.0 Å². The number of thiophene rings is 2. The third kappa shape index (κ3) is 5.22. The summed E-state index contributed by atoms with van der Waals surface area (Å²) < 4.78 is 11.8. The van der Waals surface area contributed by atoms with Gasteiger partial charge in [-0.25, -0.2) is 15.0 Å². The number of rotatable bonds is 5. The van der Waals surface area contributed by atoms with Crippen LogP contribution in [0.1, 0.15) is 0 Å². The quantitative estimate of drug-likeness (QED) is 0.175. The molecule has 4 aromatic heterocycles. The maximum Gasteiger partial charge on any atom is 0.164 e. The Labute approximate surface area is 335 Å². The highest BCUT2D eigenvalue weighted by Crippen LogP contribution is 2.47. The van der Waals surface area contributed by atoms with Gasteiger partial charge in [-0.15, -0.1) is 22.7 Å². The van der Waals surface area contributed by atoms with Crippen LogP contribution < -0.4 is 0 Å². The van der Waals surface area contributed by atoms with E-state index in [1.807, 2.05) is 83.3 Å². The van der Waals surface area contributed by atoms with Crippen molar-refractivity contribution in [2.24, 2.45) is 0 Å². The van der Waals surface area contributed by atoms with Crippen molar-refractivity contribution in [3.8, 4) is 56.4 Å². The van der Waals surface area contributed by atoms with Gasteiger partial charge in [-0.1, -0.05) is 146 Å². The van der Waals surface area contributed by atoms with Crippen LogP contribution in [0.25, 0.3) is 119 Å². The summed E-state index contributed by atoms with van der Waals surface area (Å²) in [4.78, 5) is 14.8. The first-order chi connectivity index (χ1) is 28.2. The molecule has 57 heavy (non-hydrogen) atoms. The standard InChI is InChI=1S/C51H29N3OS2/c1-3-12-30(13-4-1)49-52-50(31-14-5-2-6-15-31)54-51(53-49)33-24-26-35-42-28-32(25-27-43(42)55-44(35)29-33)34-17-9-19-38-40-21-11-22-41(48(40)57-46(34)38)39-20-10-18-37-36-16-7-8-23-45(36)56-47(37)39/h1-29H. The van der Waals surface area contributed by atoms with Gasteiger partial charge >= 0.3 is 0 Å². The minimum Gasteiger partial charge on any atom is -0.456 e. The van der Waals surface area contributed by atoms with Crippen molar-refractivity contribution in [1.29, 1.82) is 0 Å². The van der Waals surface area contributed by atoms with E-state index < -0.39 is 0 Å². The van der Waals surface area contributed by atoms with E-state index in [4.69, 9.17) is 19.4 Å². The average Bonchev–Trinajstić information content (AvgIpc) is 3.98. The molecule has 0 aliphatic heterocycles. The van der Waals surface area contributed by atoms with Gasteiger partial charge in [0.1, 0.15) is 11.2 Å². The predicted molar refractivity (Wildman–Crippen MR) is 240 cm³/mol. The highest BCUT2D eigenvalue weighted by molar-refractivity contribution is 7.27. The molecular weight excluding hydrogens is 735 g/mol. The first-order valence-corrected chi connectivity index (χ1v) is 20.6. The number of hydrogen-bond donors (Lipinski definition) is 0. The van der Waals surface area contributed by atoms with Crippen LogP contribution in [0.2, 0.25) is 0 Å². The number of benzene rings is 8. The van der Waals surface area contributed by atoms with Crippen LogP contribution in [0.3, 0.4) is 0 Å². The molecule has 0 amide bonds. The lowest BCUT2D eigenvalue weighted by atomic mass is 9.98. The van der Waals surface area contributed by atoms with Gasteiger partial charge in [0, 0.05) is 78.9 Å². The lowest BCUT2D eigenvalue weighted by Crippen LogP contribution is -2.00. The molecule has 6 heteroatoms. The number of hydrogen-bond acceptors (Lipinski definition) is 6. The maximum absolute atomic E-state index is 6.52. The molecule has 0 unspecified atom stereocenters. The summed E-state index contributed by atoms with van der Waals surface area (Å²) in [7, 11) is 0. The Morgan fingerprint density at radius 1 is 0.316 bits per heavy atom. The van der Waals surface area contributed by atoms with Crippen LogP contribution in [0.5, 0.6) is 0 Å². The van der Waals surface area contributed by atoms with Gasteiger partial charge in [0.05, 0.1) is 0 Å². The molecule has 0 N–H and O–H groups in total. The lowest BCUT2D eigenvalue weighted by Gasteiger charge is -2.08. The van der Waals surface area contributed by atoms with Crippen molar-refractivity contribution in [2.75, 3.05) is 0 Å². The number of fused-ring (bicyclic) bond motifs is 9. The Hall–Kier alpha value is -6.99. The highest BCUT2D eigenvalue weighted by Gasteiger charge is 2.19. The van der Waals surface area contributed by atoms with Crippen LogP contribution in [0.15, 0.2) is 180 Å². The summed E-state index contributed by atoms with van der Waals surface area (Å²) >= 11 is 3.78. The minimum atomic E-state index is 0.602. The van der Waals surface area contributed by atoms with Gasteiger partial charge in [0.2, 0.25) is 0 Å². The smallest absolute Gasteiger partial charge is 0.164 e. The van der Waals surface area contributed by atoms with Crippen LogP contribution in [0.4, 0.5) is 0 Å². The van der Waals surface area contributed by atoms with E-state index in [-0.39, 0.29) is 0 Å². The molecule has 4 heterocycles. The molecule has 0 saturated carbocycles. The molecule has 0 radical (unpaired) electrons. The summed E-state index contributed by atoms with van der Waals surface area (Å²) in [6, 6.07) is 61.9. The third-order valence-corrected chi connectivity index (χ3v) is 13.5. The van der Waals surface area contributed by atoms with Gasteiger partial charge in [0.15, 0.2) is 17.5 Å². The van der Waals surface area contributed by atoms with Crippen LogP contribution >= 0.6 is 22.7 Å². The SMILES string of the molecule is c1ccc(-c2nc(-c3ccccc3)nc(-c3ccc4c(c3)oc3ccc(-c5cccc6c5sc5c(-c7cccc8c7sc7ccccc78)cccc56)cc34)n2)cc1.